The number of aliphatic hydroxyl groups excluding tert-OH is 1. The third-order valence-electron chi connectivity index (χ3n) is 4.30. The van der Waals surface area contributed by atoms with Crippen molar-refractivity contribution in [3.63, 3.8) is 0 Å². The Morgan fingerprint density at radius 3 is 2.62 bits per heavy atom. The predicted molar refractivity (Wildman–Crippen MR) is 81.9 cm³/mol. The van der Waals surface area contributed by atoms with Gasteiger partial charge < -0.3 is 15.2 Å². The van der Waals surface area contributed by atoms with E-state index in [1.807, 2.05) is 0 Å². The lowest BCUT2D eigenvalue weighted by molar-refractivity contribution is -0.122. The minimum Gasteiger partial charge on any atom is -0.491 e. The number of urea groups is 1. The van der Waals surface area contributed by atoms with Gasteiger partial charge in [-0.25, -0.2) is 9.18 Å². The summed E-state index contributed by atoms with van der Waals surface area (Å²) >= 11 is 0. The van der Waals surface area contributed by atoms with E-state index < -0.39 is 23.3 Å². The Balaban J connectivity index is 1.95. The molecule has 0 radical (unpaired) electrons. The topological polar surface area (TPSA) is 87.7 Å². The summed E-state index contributed by atoms with van der Waals surface area (Å²) in [6.45, 7) is 0.0126. The van der Waals surface area contributed by atoms with Gasteiger partial charge in [-0.1, -0.05) is 12.1 Å². The Bertz CT molecular complexity index is 883. The monoisotopic (exact) mass is 328 g/mol. The second-order valence-corrected chi connectivity index (χ2v) is 5.63. The number of nitrogens with one attached hydrogen (secondary N) is 2. The Labute approximate surface area is 136 Å². The molecule has 1 atom stereocenters. The molecule has 0 aromatic heterocycles. The van der Waals surface area contributed by atoms with Gasteiger partial charge in [0.05, 0.1) is 6.61 Å². The minimum atomic E-state index is -1.43. The lowest BCUT2D eigenvalue weighted by atomic mass is 9.87. The number of amides is 3. The molecule has 1 unspecified atom stereocenters. The van der Waals surface area contributed by atoms with Gasteiger partial charge in [0.2, 0.25) is 0 Å². The van der Waals surface area contributed by atoms with Crippen LogP contribution in [-0.2, 0) is 10.3 Å². The lowest BCUT2D eigenvalue weighted by Crippen LogP contribution is -2.43. The molecular weight excluding hydrogens is 315 g/mol. The number of carbonyl (C=O) groups excluding carboxylic acids is 2. The second-order valence-electron chi connectivity index (χ2n) is 5.63. The van der Waals surface area contributed by atoms with Gasteiger partial charge in [0.15, 0.2) is 5.54 Å². The van der Waals surface area contributed by atoms with Crippen molar-refractivity contribution in [2.75, 3.05) is 13.2 Å². The van der Waals surface area contributed by atoms with Crippen LogP contribution in [0.2, 0.25) is 0 Å². The van der Waals surface area contributed by atoms with E-state index >= 15 is 0 Å². The van der Waals surface area contributed by atoms with Crippen molar-refractivity contribution in [3.8, 4) is 16.9 Å². The van der Waals surface area contributed by atoms with Gasteiger partial charge in [0.25, 0.3) is 5.91 Å². The first-order valence-corrected chi connectivity index (χ1v) is 7.38. The number of aliphatic hydroxyl groups is 1. The van der Waals surface area contributed by atoms with Crippen LogP contribution in [0.4, 0.5) is 9.18 Å². The highest BCUT2D eigenvalue weighted by atomic mass is 19.1. The zero-order chi connectivity index (χ0) is 16.9. The molecule has 1 aliphatic carbocycles. The maximum atomic E-state index is 13.8. The van der Waals surface area contributed by atoms with E-state index in [4.69, 9.17) is 9.84 Å². The van der Waals surface area contributed by atoms with E-state index in [1.54, 1.807) is 24.3 Å². The minimum absolute atomic E-state index is 0.124. The molecule has 2 aromatic rings. The molecule has 122 valence electrons. The number of fused-ring (bicyclic) bond motifs is 5. The molecule has 6 nitrogen and oxygen atoms in total. The Hall–Kier alpha value is -2.93. The summed E-state index contributed by atoms with van der Waals surface area (Å²) < 4.78 is 19.2. The summed E-state index contributed by atoms with van der Waals surface area (Å²) in [5.74, 6) is -0.520. The van der Waals surface area contributed by atoms with Crippen LogP contribution in [0.3, 0.4) is 0 Å². The number of benzene rings is 2. The molecule has 0 bridgehead atoms. The number of imide groups is 1. The van der Waals surface area contributed by atoms with Crippen LogP contribution in [0.25, 0.3) is 11.1 Å². The number of rotatable bonds is 3. The third kappa shape index (κ3) is 1.85. The molecule has 2 aromatic carbocycles. The number of hydrogen-bond donors (Lipinski definition) is 3. The number of halogens is 1. The highest BCUT2D eigenvalue weighted by Crippen LogP contribution is 2.50. The summed E-state index contributed by atoms with van der Waals surface area (Å²) in [7, 11) is 0. The Kier molecular flexibility index (Phi) is 3.07. The maximum absolute atomic E-state index is 13.8. The number of hydrogen-bond acceptors (Lipinski definition) is 4. The zero-order valence-electron chi connectivity index (χ0n) is 12.4. The van der Waals surface area contributed by atoms with Crippen LogP contribution in [0.5, 0.6) is 5.75 Å². The predicted octanol–water partition coefficient (Wildman–Crippen LogP) is 1.26. The fourth-order valence-corrected chi connectivity index (χ4v) is 3.37. The SMILES string of the molecule is O=C1NC(=O)C2(N1)c1ccc(OCCO)cc1-c1ccc(F)cc12. The Morgan fingerprint density at radius 2 is 1.92 bits per heavy atom. The Morgan fingerprint density at radius 1 is 1.08 bits per heavy atom. The number of ether oxygens (including phenoxy) is 1. The van der Waals surface area contributed by atoms with Gasteiger partial charge >= 0.3 is 6.03 Å². The van der Waals surface area contributed by atoms with E-state index in [9.17, 15) is 14.0 Å². The third-order valence-corrected chi connectivity index (χ3v) is 4.30. The van der Waals surface area contributed by atoms with Crippen LogP contribution >= 0.6 is 0 Å². The molecule has 1 saturated heterocycles. The fourth-order valence-electron chi connectivity index (χ4n) is 3.37. The zero-order valence-corrected chi connectivity index (χ0v) is 12.4. The van der Waals surface area contributed by atoms with Gasteiger partial charge in [-0.2, -0.15) is 0 Å². The molecule has 3 amide bonds. The molecule has 0 saturated carbocycles. The van der Waals surface area contributed by atoms with Crippen LogP contribution < -0.4 is 15.4 Å². The van der Waals surface area contributed by atoms with Crippen molar-refractivity contribution in [2.24, 2.45) is 0 Å². The average Bonchev–Trinajstić information content (AvgIpc) is 3.01. The van der Waals surface area contributed by atoms with Gasteiger partial charge in [0, 0.05) is 5.56 Å². The first-order valence-electron chi connectivity index (χ1n) is 7.38. The van der Waals surface area contributed by atoms with Gasteiger partial charge in [0.1, 0.15) is 18.2 Å². The molecule has 7 heteroatoms. The molecule has 1 aliphatic heterocycles. The molecule has 1 fully saturated rings. The van der Waals surface area contributed by atoms with Crippen molar-refractivity contribution >= 4 is 11.9 Å². The van der Waals surface area contributed by atoms with Crippen LogP contribution in [0.1, 0.15) is 11.1 Å². The highest BCUT2D eigenvalue weighted by Gasteiger charge is 2.55. The first kappa shape index (κ1) is 14.6. The quantitative estimate of drug-likeness (QED) is 0.740. The molecule has 1 spiro atoms. The van der Waals surface area contributed by atoms with Crippen LogP contribution in [0.15, 0.2) is 36.4 Å². The van der Waals surface area contributed by atoms with Crippen molar-refractivity contribution in [3.05, 3.63) is 53.3 Å². The molecule has 1 heterocycles. The van der Waals surface area contributed by atoms with Crippen molar-refractivity contribution in [1.82, 2.24) is 10.6 Å². The first-order chi connectivity index (χ1) is 11.6. The van der Waals surface area contributed by atoms with Gasteiger partial charge in [-0.3, -0.25) is 10.1 Å². The fraction of sp³-hybridized carbons (Fsp3) is 0.176. The normalized spacial score (nSPS) is 20.6. The maximum Gasteiger partial charge on any atom is 0.322 e. The molecular formula is C17H13FN2O4. The number of carbonyl (C=O) groups is 2. The van der Waals surface area contributed by atoms with E-state index in [1.165, 1.54) is 12.1 Å². The standard InChI is InChI=1S/C17H13FN2O4/c18-9-1-3-11-12-8-10(24-6-5-21)2-4-13(12)17(14(11)7-9)15(22)19-16(23)20-17/h1-4,7-8,21H,5-6H2,(H2,19,20,22,23). The van der Waals surface area contributed by atoms with E-state index in [0.29, 0.717) is 28.0 Å². The van der Waals surface area contributed by atoms with E-state index in [-0.39, 0.29) is 13.2 Å². The van der Waals surface area contributed by atoms with Crippen LogP contribution in [0, 0.1) is 5.82 Å². The van der Waals surface area contributed by atoms with Crippen LogP contribution in [-0.4, -0.2) is 30.3 Å². The second kappa shape index (κ2) is 5.04. The van der Waals surface area contributed by atoms with Crippen molar-refractivity contribution in [1.29, 1.82) is 0 Å². The molecule has 4 rings (SSSR count). The largest absolute Gasteiger partial charge is 0.491 e. The molecule has 2 aliphatic rings. The molecule has 24 heavy (non-hydrogen) atoms. The summed E-state index contributed by atoms with van der Waals surface area (Å²) in [6, 6.07) is 8.55. The summed E-state index contributed by atoms with van der Waals surface area (Å²) in [5.41, 5.74) is 0.846. The van der Waals surface area contributed by atoms with Gasteiger partial charge in [-0.05, 0) is 41.0 Å². The lowest BCUT2D eigenvalue weighted by Gasteiger charge is -2.23. The smallest absolute Gasteiger partial charge is 0.322 e. The van der Waals surface area contributed by atoms with E-state index in [0.717, 1.165) is 0 Å². The summed E-state index contributed by atoms with van der Waals surface area (Å²) in [6.07, 6.45) is 0. The van der Waals surface area contributed by atoms with Crippen molar-refractivity contribution in [2.45, 2.75) is 5.54 Å². The van der Waals surface area contributed by atoms with E-state index in [2.05, 4.69) is 10.6 Å². The molecule has 3 N–H and O–H groups in total. The highest BCUT2D eigenvalue weighted by molar-refractivity contribution is 6.13. The average molecular weight is 328 g/mol. The summed E-state index contributed by atoms with van der Waals surface area (Å²) in [5, 5.41) is 13.7. The van der Waals surface area contributed by atoms with Crippen molar-refractivity contribution < 1.29 is 23.8 Å². The summed E-state index contributed by atoms with van der Waals surface area (Å²) in [4.78, 5) is 24.3. The van der Waals surface area contributed by atoms with Gasteiger partial charge in [-0.15, -0.1) is 0 Å².